The van der Waals surface area contributed by atoms with Gasteiger partial charge in [-0.2, -0.15) is 5.10 Å². The normalized spacial score (nSPS) is 10.6. The second kappa shape index (κ2) is 8.49. The zero-order valence-electron chi connectivity index (χ0n) is 15.8. The molecule has 0 fully saturated rings. The summed E-state index contributed by atoms with van der Waals surface area (Å²) in [5.41, 5.74) is 3.06. The molecule has 0 aliphatic carbocycles. The summed E-state index contributed by atoms with van der Waals surface area (Å²) in [7, 11) is 0. The van der Waals surface area contributed by atoms with Gasteiger partial charge in [-0.3, -0.25) is 5.10 Å². The average Bonchev–Trinajstić information content (AvgIpc) is 3.12. The lowest BCUT2D eigenvalue weighted by Gasteiger charge is -2.15. The molecular formula is C21H24N2O4. The number of aromatic hydroxyl groups is 1. The first-order valence-electron chi connectivity index (χ1n) is 9.07. The fraction of sp³-hybridized carbons (Fsp3) is 0.286. The summed E-state index contributed by atoms with van der Waals surface area (Å²) >= 11 is 0. The van der Waals surface area contributed by atoms with Crippen LogP contribution in [0, 0.1) is 0 Å². The minimum atomic E-state index is 0.0702. The van der Waals surface area contributed by atoms with Crippen molar-refractivity contribution in [2.24, 2.45) is 0 Å². The first-order valence-corrected chi connectivity index (χ1v) is 9.07. The Labute approximate surface area is 158 Å². The zero-order valence-corrected chi connectivity index (χ0v) is 15.8. The predicted octanol–water partition coefficient (Wildman–Crippen LogP) is 4.65. The van der Waals surface area contributed by atoms with Crippen molar-refractivity contribution in [1.82, 2.24) is 10.2 Å². The van der Waals surface area contributed by atoms with Gasteiger partial charge in [0.2, 0.25) is 0 Å². The lowest BCUT2D eigenvalue weighted by atomic mass is 10.00. The van der Waals surface area contributed by atoms with Gasteiger partial charge in [-0.1, -0.05) is 12.1 Å². The highest BCUT2D eigenvalue weighted by atomic mass is 16.5. The van der Waals surface area contributed by atoms with Crippen LogP contribution < -0.4 is 14.2 Å². The number of aromatic amines is 1. The van der Waals surface area contributed by atoms with Crippen molar-refractivity contribution in [3.63, 3.8) is 0 Å². The van der Waals surface area contributed by atoms with Crippen molar-refractivity contribution in [3.05, 3.63) is 42.6 Å². The Bertz CT molecular complexity index is 888. The molecule has 2 N–H and O–H groups in total. The summed E-state index contributed by atoms with van der Waals surface area (Å²) in [4.78, 5) is 0. The molecule has 1 heterocycles. The van der Waals surface area contributed by atoms with Crippen LogP contribution in [-0.2, 0) is 0 Å². The number of nitrogens with zero attached hydrogens (tertiary/aromatic N) is 1. The Morgan fingerprint density at radius 1 is 0.889 bits per heavy atom. The van der Waals surface area contributed by atoms with Crippen LogP contribution in [0.5, 0.6) is 23.0 Å². The summed E-state index contributed by atoms with van der Waals surface area (Å²) in [5.74, 6) is 1.98. The third kappa shape index (κ3) is 4.00. The fourth-order valence-electron chi connectivity index (χ4n) is 2.94. The Morgan fingerprint density at radius 3 is 2.22 bits per heavy atom. The molecule has 0 aliphatic rings. The number of phenolic OH excluding ortho intramolecular Hbond substituents is 1. The van der Waals surface area contributed by atoms with Gasteiger partial charge in [-0.25, -0.2) is 0 Å². The van der Waals surface area contributed by atoms with Gasteiger partial charge in [0.15, 0.2) is 0 Å². The largest absolute Gasteiger partial charge is 0.507 e. The predicted molar refractivity (Wildman–Crippen MR) is 105 cm³/mol. The molecule has 0 bridgehead atoms. The smallest absolute Gasteiger partial charge is 0.136 e. The van der Waals surface area contributed by atoms with Gasteiger partial charge < -0.3 is 19.3 Å². The van der Waals surface area contributed by atoms with Crippen LogP contribution in [0.25, 0.3) is 22.4 Å². The van der Waals surface area contributed by atoms with Crippen molar-refractivity contribution < 1.29 is 19.3 Å². The van der Waals surface area contributed by atoms with Gasteiger partial charge >= 0.3 is 0 Å². The Balaban J connectivity index is 2.06. The summed E-state index contributed by atoms with van der Waals surface area (Å²) in [6.45, 7) is 7.33. The molecule has 0 spiro atoms. The minimum Gasteiger partial charge on any atom is -0.507 e. The number of H-pyrrole nitrogens is 1. The van der Waals surface area contributed by atoms with Crippen molar-refractivity contribution in [1.29, 1.82) is 0 Å². The van der Waals surface area contributed by atoms with E-state index in [2.05, 4.69) is 10.2 Å². The first-order chi connectivity index (χ1) is 13.2. The maximum atomic E-state index is 10.7. The van der Waals surface area contributed by atoms with E-state index in [4.69, 9.17) is 14.2 Å². The molecule has 1 aromatic heterocycles. The molecule has 3 rings (SSSR count). The van der Waals surface area contributed by atoms with Crippen molar-refractivity contribution in [3.8, 4) is 45.4 Å². The molecule has 0 amide bonds. The molecule has 27 heavy (non-hydrogen) atoms. The van der Waals surface area contributed by atoms with Crippen molar-refractivity contribution in [2.45, 2.75) is 20.8 Å². The summed E-state index contributed by atoms with van der Waals surface area (Å²) in [5, 5.41) is 17.8. The molecule has 6 heteroatoms. The molecule has 0 saturated carbocycles. The number of aromatic nitrogens is 2. The monoisotopic (exact) mass is 368 g/mol. The van der Waals surface area contributed by atoms with E-state index in [1.165, 1.54) is 0 Å². The number of hydrogen-bond donors (Lipinski definition) is 2. The Kier molecular flexibility index (Phi) is 5.86. The molecule has 0 unspecified atom stereocenters. The number of rotatable bonds is 8. The molecule has 142 valence electrons. The topological polar surface area (TPSA) is 76.6 Å². The van der Waals surface area contributed by atoms with Crippen LogP contribution in [0.2, 0.25) is 0 Å². The quantitative estimate of drug-likeness (QED) is 0.605. The highest BCUT2D eigenvalue weighted by Crippen LogP contribution is 2.44. The third-order valence-corrected chi connectivity index (χ3v) is 4.03. The molecule has 3 aromatic rings. The van der Waals surface area contributed by atoms with Gasteiger partial charge in [0.05, 0.1) is 37.3 Å². The third-order valence-electron chi connectivity index (χ3n) is 4.03. The summed E-state index contributed by atoms with van der Waals surface area (Å²) < 4.78 is 16.8. The second-order valence-corrected chi connectivity index (χ2v) is 5.80. The van der Waals surface area contributed by atoms with Crippen LogP contribution in [0.3, 0.4) is 0 Å². The molecule has 2 aromatic carbocycles. The zero-order chi connectivity index (χ0) is 19.2. The Hall–Kier alpha value is -3.15. The standard InChI is InChI=1S/C21H24N2O4/c1-4-25-15-9-7-14(8-10-15)17-13-22-23-21(17)20-18(24)11-16(26-5-2)12-19(20)27-6-3/h7-13,24H,4-6H2,1-3H3,(H,22,23). The van der Waals surface area contributed by atoms with Crippen LogP contribution in [-0.4, -0.2) is 35.1 Å². The maximum Gasteiger partial charge on any atom is 0.136 e. The number of ether oxygens (including phenoxy) is 3. The van der Waals surface area contributed by atoms with E-state index in [0.29, 0.717) is 42.6 Å². The fourth-order valence-corrected chi connectivity index (χ4v) is 2.94. The molecule has 0 atom stereocenters. The molecule has 6 nitrogen and oxygen atoms in total. The van der Waals surface area contributed by atoms with Gasteiger partial charge in [0, 0.05) is 17.7 Å². The molecule has 0 radical (unpaired) electrons. The lowest BCUT2D eigenvalue weighted by molar-refractivity contribution is 0.320. The second-order valence-electron chi connectivity index (χ2n) is 5.80. The number of hydrogen-bond acceptors (Lipinski definition) is 5. The maximum absolute atomic E-state index is 10.7. The minimum absolute atomic E-state index is 0.0702. The van der Waals surface area contributed by atoms with Crippen molar-refractivity contribution in [2.75, 3.05) is 19.8 Å². The summed E-state index contributed by atoms with van der Waals surface area (Å²) in [6.07, 6.45) is 1.73. The van der Waals surface area contributed by atoms with Gasteiger partial charge in [-0.15, -0.1) is 0 Å². The van der Waals surface area contributed by atoms with Crippen LogP contribution in [0.4, 0.5) is 0 Å². The lowest BCUT2D eigenvalue weighted by Crippen LogP contribution is -1.98. The number of phenols is 1. The molecular weight excluding hydrogens is 344 g/mol. The number of benzene rings is 2. The number of nitrogens with one attached hydrogen (secondary N) is 1. The van der Waals surface area contributed by atoms with E-state index in [1.807, 2.05) is 45.0 Å². The van der Waals surface area contributed by atoms with Gasteiger partial charge in [-0.05, 0) is 38.5 Å². The SMILES string of the molecule is CCOc1ccc(-c2cn[nH]c2-c2c(O)cc(OCC)cc2OCC)cc1. The van der Waals surface area contributed by atoms with E-state index in [-0.39, 0.29) is 5.75 Å². The highest BCUT2D eigenvalue weighted by molar-refractivity contribution is 5.86. The van der Waals surface area contributed by atoms with Crippen LogP contribution in [0.15, 0.2) is 42.6 Å². The van der Waals surface area contributed by atoms with Gasteiger partial charge in [0.1, 0.15) is 23.0 Å². The van der Waals surface area contributed by atoms with Gasteiger partial charge in [0.25, 0.3) is 0 Å². The van der Waals surface area contributed by atoms with Crippen LogP contribution >= 0.6 is 0 Å². The van der Waals surface area contributed by atoms with E-state index in [1.54, 1.807) is 18.3 Å². The first kappa shape index (κ1) is 18.6. The summed E-state index contributed by atoms with van der Waals surface area (Å²) in [6, 6.07) is 11.1. The van der Waals surface area contributed by atoms with E-state index in [9.17, 15) is 5.11 Å². The highest BCUT2D eigenvalue weighted by Gasteiger charge is 2.20. The van der Waals surface area contributed by atoms with Crippen molar-refractivity contribution >= 4 is 0 Å². The van der Waals surface area contributed by atoms with E-state index >= 15 is 0 Å². The van der Waals surface area contributed by atoms with E-state index < -0.39 is 0 Å². The van der Waals surface area contributed by atoms with Crippen LogP contribution in [0.1, 0.15) is 20.8 Å². The van der Waals surface area contributed by atoms with E-state index in [0.717, 1.165) is 16.9 Å². The Morgan fingerprint density at radius 2 is 1.56 bits per heavy atom. The molecule has 0 saturated heterocycles. The average molecular weight is 368 g/mol. The molecule has 0 aliphatic heterocycles.